The number of hydrogen-bond donors (Lipinski definition) is 2. The summed E-state index contributed by atoms with van der Waals surface area (Å²) in [6.07, 6.45) is 3.48. The van der Waals surface area contributed by atoms with E-state index in [4.69, 9.17) is 4.89 Å². The minimum absolute atomic E-state index is 0.478. The van der Waals surface area contributed by atoms with Crippen LogP contribution < -0.4 is 5.48 Å². The Morgan fingerprint density at radius 3 is 2.69 bits per heavy atom. The molecule has 0 fully saturated rings. The summed E-state index contributed by atoms with van der Waals surface area (Å²) in [5, 5.41) is 0. The van der Waals surface area contributed by atoms with Crippen molar-refractivity contribution in [3.05, 3.63) is 0 Å². The Labute approximate surface area is 80.2 Å². The highest BCUT2D eigenvalue weighted by atomic mass is 31.2. The molecule has 0 aromatic heterocycles. The first-order valence-electron chi connectivity index (χ1n) is 4.67. The highest BCUT2D eigenvalue weighted by Crippen LogP contribution is 2.34. The Morgan fingerprint density at radius 1 is 1.62 bits per heavy atom. The topological polar surface area (TPSA) is 58.6 Å². The maximum atomic E-state index is 10.7. The monoisotopic (exact) mass is 209 g/mol. The van der Waals surface area contributed by atoms with Gasteiger partial charge in [-0.25, -0.2) is 4.62 Å². The molecule has 4 nitrogen and oxygen atoms in total. The molecule has 13 heavy (non-hydrogen) atoms. The van der Waals surface area contributed by atoms with E-state index in [1.54, 1.807) is 0 Å². The quantitative estimate of drug-likeness (QED) is 0.498. The van der Waals surface area contributed by atoms with Crippen LogP contribution in [0.2, 0.25) is 0 Å². The van der Waals surface area contributed by atoms with Crippen molar-refractivity contribution in [2.24, 2.45) is 5.92 Å². The Balaban J connectivity index is 3.37. The summed E-state index contributed by atoms with van der Waals surface area (Å²) in [6.45, 7) is 6.02. The summed E-state index contributed by atoms with van der Waals surface area (Å²) in [7, 11) is -3.36. The molecule has 0 rings (SSSR count). The first kappa shape index (κ1) is 13.1. The molecular weight excluding hydrogens is 189 g/mol. The van der Waals surface area contributed by atoms with E-state index in [9.17, 15) is 4.57 Å². The Bertz CT molecular complexity index is 169. The molecule has 2 atom stereocenters. The molecule has 0 amide bonds. The second-order valence-corrected chi connectivity index (χ2v) is 5.28. The van der Waals surface area contributed by atoms with Crippen LogP contribution in [-0.2, 0) is 9.19 Å². The van der Waals surface area contributed by atoms with Crippen molar-refractivity contribution in [1.82, 2.24) is 5.48 Å². The molecule has 0 aliphatic rings. The fraction of sp³-hybridized carbons (Fsp3) is 1.00. The second kappa shape index (κ2) is 6.55. The van der Waals surface area contributed by atoms with Gasteiger partial charge in [-0.15, -0.1) is 0 Å². The maximum Gasteiger partial charge on any atom is 0.341 e. The average molecular weight is 209 g/mol. The third-order valence-corrected chi connectivity index (χ3v) is 2.18. The summed E-state index contributed by atoms with van der Waals surface area (Å²) in [5.74, 6) is 0.478. The minimum Gasteiger partial charge on any atom is -0.324 e. The predicted molar refractivity (Wildman–Crippen MR) is 53.5 cm³/mol. The van der Waals surface area contributed by atoms with Crippen molar-refractivity contribution < 1.29 is 14.1 Å². The summed E-state index contributed by atoms with van der Waals surface area (Å²) in [4.78, 5) is 8.78. The molecular formula is C8H20NO3P. The molecule has 0 bridgehead atoms. The first-order valence-corrected chi connectivity index (χ1v) is 6.70. The lowest BCUT2D eigenvalue weighted by atomic mass is 10.1. The standard InChI is InChI=1S/C8H20NO3P/c1-4-5-6-8(2)7-9-12-13(3,10)11/h8-9H,4-7H2,1-3H3,(H,10,11). The highest BCUT2D eigenvalue weighted by Gasteiger charge is 2.10. The highest BCUT2D eigenvalue weighted by molar-refractivity contribution is 7.51. The van der Waals surface area contributed by atoms with Gasteiger partial charge in [-0.2, -0.15) is 5.48 Å². The second-order valence-electron chi connectivity index (χ2n) is 3.49. The molecule has 0 heterocycles. The lowest BCUT2D eigenvalue weighted by Gasteiger charge is -2.12. The predicted octanol–water partition coefficient (Wildman–Crippen LogP) is 2.15. The SMILES string of the molecule is CCCCC(C)CNOP(C)(=O)O. The molecule has 0 aliphatic heterocycles. The van der Waals surface area contributed by atoms with Gasteiger partial charge in [0.05, 0.1) is 0 Å². The van der Waals surface area contributed by atoms with Gasteiger partial charge in [-0.05, 0) is 12.3 Å². The van der Waals surface area contributed by atoms with Crippen molar-refractivity contribution in [3.8, 4) is 0 Å². The van der Waals surface area contributed by atoms with Crippen molar-refractivity contribution >= 4 is 7.60 Å². The average Bonchev–Trinajstić information content (AvgIpc) is 1.98. The number of unbranched alkanes of at least 4 members (excludes halogenated alkanes) is 1. The van der Waals surface area contributed by atoms with Gasteiger partial charge in [0.1, 0.15) is 0 Å². The molecule has 0 aliphatic carbocycles. The van der Waals surface area contributed by atoms with E-state index in [1.165, 1.54) is 12.8 Å². The van der Waals surface area contributed by atoms with Crippen molar-refractivity contribution in [2.45, 2.75) is 33.1 Å². The first-order chi connectivity index (χ1) is 5.95. The van der Waals surface area contributed by atoms with E-state index in [-0.39, 0.29) is 0 Å². The molecule has 0 aromatic carbocycles. The van der Waals surface area contributed by atoms with E-state index in [0.717, 1.165) is 13.1 Å². The molecule has 0 spiro atoms. The van der Waals surface area contributed by atoms with Crippen LogP contribution in [0.3, 0.4) is 0 Å². The van der Waals surface area contributed by atoms with Crippen LogP contribution in [0.4, 0.5) is 0 Å². The molecule has 80 valence electrons. The minimum atomic E-state index is -3.36. The van der Waals surface area contributed by atoms with E-state index < -0.39 is 7.60 Å². The van der Waals surface area contributed by atoms with Gasteiger partial charge in [0, 0.05) is 13.2 Å². The fourth-order valence-electron chi connectivity index (χ4n) is 0.954. The van der Waals surface area contributed by atoms with Gasteiger partial charge in [0.15, 0.2) is 0 Å². The van der Waals surface area contributed by atoms with Crippen molar-refractivity contribution in [3.63, 3.8) is 0 Å². The van der Waals surface area contributed by atoms with Gasteiger partial charge in [-0.3, -0.25) is 4.57 Å². The van der Waals surface area contributed by atoms with E-state index in [1.807, 2.05) is 0 Å². The fourth-order valence-corrected chi connectivity index (χ4v) is 1.27. The largest absolute Gasteiger partial charge is 0.341 e. The summed E-state index contributed by atoms with van der Waals surface area (Å²) in [5.41, 5.74) is 2.52. The lowest BCUT2D eigenvalue weighted by Crippen LogP contribution is -2.20. The van der Waals surface area contributed by atoms with Crippen LogP contribution >= 0.6 is 7.60 Å². The third-order valence-electron chi connectivity index (χ3n) is 1.72. The Hall–Kier alpha value is 0.110. The molecule has 0 aromatic rings. The zero-order chi connectivity index (χ0) is 10.3. The molecule has 0 radical (unpaired) electrons. The van der Waals surface area contributed by atoms with Crippen molar-refractivity contribution in [2.75, 3.05) is 13.2 Å². The third kappa shape index (κ3) is 10.0. The molecule has 0 saturated heterocycles. The summed E-state index contributed by atoms with van der Waals surface area (Å²) < 4.78 is 15.2. The van der Waals surface area contributed by atoms with Crippen LogP contribution in [0.25, 0.3) is 0 Å². The van der Waals surface area contributed by atoms with E-state index >= 15 is 0 Å². The van der Waals surface area contributed by atoms with Gasteiger partial charge >= 0.3 is 7.60 Å². The van der Waals surface area contributed by atoms with E-state index in [2.05, 4.69) is 24.0 Å². The van der Waals surface area contributed by atoms with Crippen LogP contribution in [0, 0.1) is 5.92 Å². The molecule has 2 N–H and O–H groups in total. The lowest BCUT2D eigenvalue weighted by molar-refractivity contribution is 0.155. The van der Waals surface area contributed by atoms with Gasteiger partial charge in [-0.1, -0.05) is 26.7 Å². The van der Waals surface area contributed by atoms with Crippen molar-refractivity contribution in [1.29, 1.82) is 0 Å². The maximum absolute atomic E-state index is 10.7. The van der Waals surface area contributed by atoms with Crippen LogP contribution in [0.5, 0.6) is 0 Å². The van der Waals surface area contributed by atoms with Gasteiger partial charge in [0.2, 0.25) is 0 Å². The normalized spacial score (nSPS) is 18.2. The van der Waals surface area contributed by atoms with Gasteiger partial charge < -0.3 is 4.89 Å². The molecule has 2 unspecified atom stereocenters. The zero-order valence-corrected chi connectivity index (χ0v) is 9.51. The number of hydrogen-bond acceptors (Lipinski definition) is 3. The Kier molecular flexibility index (Phi) is 6.60. The van der Waals surface area contributed by atoms with Crippen LogP contribution in [0.1, 0.15) is 33.1 Å². The van der Waals surface area contributed by atoms with E-state index in [0.29, 0.717) is 12.5 Å². The van der Waals surface area contributed by atoms with Gasteiger partial charge in [0.25, 0.3) is 0 Å². The summed E-state index contributed by atoms with van der Waals surface area (Å²) in [6, 6.07) is 0. The molecule has 0 saturated carbocycles. The smallest absolute Gasteiger partial charge is 0.324 e. The van der Waals surface area contributed by atoms with Crippen LogP contribution in [0.15, 0.2) is 0 Å². The number of hydroxylamine groups is 1. The number of nitrogens with one attached hydrogen (secondary N) is 1. The van der Waals surface area contributed by atoms with Crippen LogP contribution in [-0.4, -0.2) is 18.1 Å². The zero-order valence-electron chi connectivity index (χ0n) is 8.62. The molecule has 5 heteroatoms. The summed E-state index contributed by atoms with van der Waals surface area (Å²) >= 11 is 0. The Morgan fingerprint density at radius 2 is 2.23 bits per heavy atom. The number of rotatable bonds is 7.